The number of para-hydroxylation sites is 1. The lowest BCUT2D eigenvalue weighted by atomic mass is 10.2. The largest absolute Gasteiger partial charge is 0.356 e. The first-order valence-electron chi connectivity index (χ1n) is 6.17. The maximum Gasteiger partial charge on any atom is 0.0705 e. The molecule has 0 aliphatic heterocycles. The van der Waals surface area contributed by atoms with Crippen LogP contribution in [0.1, 0.15) is 12.6 Å². The van der Waals surface area contributed by atoms with Gasteiger partial charge in [0.1, 0.15) is 0 Å². The minimum Gasteiger partial charge on any atom is -0.356 e. The summed E-state index contributed by atoms with van der Waals surface area (Å²) in [5, 5.41) is 5.41. The molecule has 0 fully saturated rings. The van der Waals surface area contributed by atoms with Crippen molar-refractivity contribution in [2.24, 2.45) is 5.92 Å². The van der Waals surface area contributed by atoms with E-state index in [0.717, 1.165) is 34.7 Å². The Kier molecular flexibility index (Phi) is 4.98. The van der Waals surface area contributed by atoms with Gasteiger partial charge in [-0.3, -0.25) is 0 Å². The van der Waals surface area contributed by atoms with E-state index in [-0.39, 0.29) is 0 Å². The number of benzene rings is 1. The predicted octanol–water partition coefficient (Wildman–Crippen LogP) is 3.91. The Morgan fingerprint density at radius 3 is 2.89 bits per heavy atom. The van der Waals surface area contributed by atoms with Crippen LogP contribution in [0.25, 0.3) is 10.9 Å². The van der Waals surface area contributed by atoms with Gasteiger partial charge >= 0.3 is 0 Å². The summed E-state index contributed by atoms with van der Waals surface area (Å²) in [6.45, 7) is 4.08. The van der Waals surface area contributed by atoms with Crippen LogP contribution in [-0.4, -0.2) is 23.5 Å². The third kappa shape index (κ3) is 3.22. The van der Waals surface area contributed by atoms with Crippen LogP contribution in [0.3, 0.4) is 0 Å². The standard InChI is InChI=1S/C14H19ClN2S/c1-10(9-18-2)7-16-8-13-14(15)11-5-3-4-6-12(11)17-13/h3-6,10,16-17H,7-9H2,1-2H3. The SMILES string of the molecule is CSCC(C)CNCc1[nH]c2ccccc2c1Cl. The summed E-state index contributed by atoms with van der Waals surface area (Å²) in [6, 6.07) is 8.14. The van der Waals surface area contributed by atoms with Gasteiger partial charge in [-0.25, -0.2) is 0 Å². The van der Waals surface area contributed by atoms with Crippen molar-refractivity contribution in [2.75, 3.05) is 18.6 Å². The zero-order valence-electron chi connectivity index (χ0n) is 10.8. The van der Waals surface area contributed by atoms with Gasteiger partial charge < -0.3 is 10.3 Å². The van der Waals surface area contributed by atoms with E-state index in [4.69, 9.17) is 11.6 Å². The molecule has 2 aromatic rings. The van der Waals surface area contributed by atoms with Gasteiger partial charge in [-0.05, 0) is 30.5 Å². The van der Waals surface area contributed by atoms with Crippen molar-refractivity contribution in [3.8, 4) is 0 Å². The third-order valence-corrected chi connectivity index (χ3v) is 4.29. The number of fused-ring (bicyclic) bond motifs is 1. The molecule has 0 saturated carbocycles. The number of hydrogen-bond donors (Lipinski definition) is 2. The van der Waals surface area contributed by atoms with E-state index in [0.29, 0.717) is 5.92 Å². The Labute approximate surface area is 117 Å². The fourth-order valence-electron chi connectivity index (χ4n) is 2.07. The maximum absolute atomic E-state index is 6.36. The number of rotatable bonds is 6. The Balaban J connectivity index is 1.97. The van der Waals surface area contributed by atoms with Crippen LogP contribution >= 0.6 is 23.4 Å². The molecule has 1 atom stereocenters. The van der Waals surface area contributed by atoms with Crippen LogP contribution in [0.15, 0.2) is 24.3 Å². The smallest absolute Gasteiger partial charge is 0.0705 e. The number of nitrogens with one attached hydrogen (secondary N) is 2. The minimum atomic E-state index is 0.683. The molecule has 2 rings (SSSR count). The quantitative estimate of drug-likeness (QED) is 0.841. The molecule has 0 aliphatic carbocycles. The Hall–Kier alpha value is -0.640. The van der Waals surface area contributed by atoms with Crippen molar-refractivity contribution in [1.29, 1.82) is 0 Å². The van der Waals surface area contributed by atoms with Gasteiger partial charge in [-0.2, -0.15) is 11.8 Å². The van der Waals surface area contributed by atoms with Crippen LogP contribution in [0.5, 0.6) is 0 Å². The van der Waals surface area contributed by atoms with Gasteiger partial charge in [0, 0.05) is 23.1 Å². The molecule has 2 N–H and O–H groups in total. The van der Waals surface area contributed by atoms with E-state index in [2.05, 4.69) is 29.5 Å². The Bertz CT molecular complexity index is 509. The lowest BCUT2D eigenvalue weighted by Gasteiger charge is -2.10. The summed E-state index contributed by atoms with van der Waals surface area (Å²) in [5.41, 5.74) is 2.19. The first kappa shape index (κ1) is 13.8. The summed E-state index contributed by atoms with van der Waals surface area (Å²) >= 11 is 8.25. The van der Waals surface area contributed by atoms with Gasteiger partial charge in [0.15, 0.2) is 0 Å². The molecule has 2 nitrogen and oxygen atoms in total. The third-order valence-electron chi connectivity index (χ3n) is 2.96. The number of H-pyrrole nitrogens is 1. The molecule has 1 aromatic carbocycles. The van der Waals surface area contributed by atoms with Crippen molar-refractivity contribution in [1.82, 2.24) is 10.3 Å². The van der Waals surface area contributed by atoms with Crippen molar-refractivity contribution in [3.05, 3.63) is 35.0 Å². The molecule has 0 saturated heterocycles. The van der Waals surface area contributed by atoms with Crippen LogP contribution in [-0.2, 0) is 6.54 Å². The highest BCUT2D eigenvalue weighted by atomic mass is 35.5. The molecular weight excluding hydrogens is 264 g/mol. The molecule has 0 bridgehead atoms. The van der Waals surface area contributed by atoms with Crippen molar-refractivity contribution < 1.29 is 0 Å². The van der Waals surface area contributed by atoms with E-state index in [1.54, 1.807) is 0 Å². The van der Waals surface area contributed by atoms with E-state index < -0.39 is 0 Å². The molecule has 4 heteroatoms. The molecule has 0 aliphatic rings. The first-order chi connectivity index (χ1) is 8.72. The molecule has 1 heterocycles. The number of thioether (sulfide) groups is 1. The van der Waals surface area contributed by atoms with Crippen LogP contribution < -0.4 is 5.32 Å². The normalized spacial score (nSPS) is 13.1. The van der Waals surface area contributed by atoms with E-state index >= 15 is 0 Å². The highest BCUT2D eigenvalue weighted by Gasteiger charge is 2.08. The zero-order chi connectivity index (χ0) is 13.0. The van der Waals surface area contributed by atoms with Crippen LogP contribution in [0.4, 0.5) is 0 Å². The van der Waals surface area contributed by atoms with E-state index in [9.17, 15) is 0 Å². The zero-order valence-corrected chi connectivity index (χ0v) is 12.4. The number of aromatic amines is 1. The second-order valence-electron chi connectivity index (χ2n) is 4.65. The number of aromatic nitrogens is 1. The molecule has 1 unspecified atom stereocenters. The van der Waals surface area contributed by atoms with Gasteiger partial charge in [0.05, 0.1) is 5.02 Å². The highest BCUT2D eigenvalue weighted by Crippen LogP contribution is 2.26. The lowest BCUT2D eigenvalue weighted by molar-refractivity contribution is 0.556. The van der Waals surface area contributed by atoms with Crippen molar-refractivity contribution >= 4 is 34.3 Å². The molecule has 0 spiro atoms. The number of halogens is 1. The Morgan fingerprint density at radius 2 is 2.17 bits per heavy atom. The summed E-state index contributed by atoms with van der Waals surface area (Å²) in [5.74, 6) is 1.87. The monoisotopic (exact) mass is 282 g/mol. The Morgan fingerprint density at radius 1 is 1.39 bits per heavy atom. The highest BCUT2D eigenvalue weighted by molar-refractivity contribution is 7.98. The predicted molar refractivity (Wildman–Crippen MR) is 82.6 cm³/mol. The average Bonchev–Trinajstić information content (AvgIpc) is 2.68. The summed E-state index contributed by atoms with van der Waals surface area (Å²) in [4.78, 5) is 3.37. The van der Waals surface area contributed by atoms with E-state index in [1.165, 1.54) is 5.75 Å². The fourth-order valence-corrected chi connectivity index (χ4v) is 3.04. The van der Waals surface area contributed by atoms with Gasteiger partial charge in [0.2, 0.25) is 0 Å². The summed E-state index contributed by atoms with van der Waals surface area (Å²) in [7, 11) is 0. The first-order valence-corrected chi connectivity index (χ1v) is 7.94. The molecule has 18 heavy (non-hydrogen) atoms. The second kappa shape index (κ2) is 6.50. The lowest BCUT2D eigenvalue weighted by Crippen LogP contribution is -2.22. The topological polar surface area (TPSA) is 27.8 Å². The van der Waals surface area contributed by atoms with Crippen molar-refractivity contribution in [2.45, 2.75) is 13.5 Å². The van der Waals surface area contributed by atoms with Gasteiger partial charge in [-0.15, -0.1) is 0 Å². The maximum atomic E-state index is 6.36. The summed E-state index contributed by atoms with van der Waals surface area (Å²) in [6.07, 6.45) is 2.14. The molecular formula is C14H19ClN2S. The summed E-state index contributed by atoms with van der Waals surface area (Å²) < 4.78 is 0. The van der Waals surface area contributed by atoms with Crippen molar-refractivity contribution in [3.63, 3.8) is 0 Å². The van der Waals surface area contributed by atoms with Crippen LogP contribution in [0.2, 0.25) is 5.02 Å². The minimum absolute atomic E-state index is 0.683. The van der Waals surface area contributed by atoms with Gasteiger partial charge in [0.25, 0.3) is 0 Å². The van der Waals surface area contributed by atoms with E-state index in [1.807, 2.05) is 30.0 Å². The molecule has 0 amide bonds. The molecule has 0 radical (unpaired) electrons. The van der Waals surface area contributed by atoms with Gasteiger partial charge in [-0.1, -0.05) is 36.7 Å². The second-order valence-corrected chi connectivity index (χ2v) is 5.94. The fraction of sp³-hybridized carbons (Fsp3) is 0.429. The molecule has 1 aromatic heterocycles. The molecule has 98 valence electrons. The van der Waals surface area contributed by atoms with Crippen LogP contribution in [0, 0.1) is 5.92 Å². The average molecular weight is 283 g/mol. The number of hydrogen-bond acceptors (Lipinski definition) is 2.